The zero-order chi connectivity index (χ0) is 17.6. The van der Waals surface area contributed by atoms with Crippen molar-refractivity contribution in [3.63, 3.8) is 0 Å². The molecule has 0 atom stereocenters. The number of nitrogens with zero attached hydrogens (tertiary/aromatic N) is 3. The van der Waals surface area contributed by atoms with Crippen molar-refractivity contribution in [2.75, 3.05) is 18.4 Å². The molecule has 0 spiro atoms. The summed E-state index contributed by atoms with van der Waals surface area (Å²) in [5.41, 5.74) is 1.30. The largest absolute Gasteiger partial charge is 0.339 e. The van der Waals surface area contributed by atoms with Crippen LogP contribution in [0.4, 0.5) is 5.69 Å². The molecular weight excluding hydrogens is 336 g/mol. The molecule has 0 bridgehead atoms. The van der Waals surface area contributed by atoms with Crippen molar-refractivity contribution in [2.45, 2.75) is 39.0 Å². The molecular formula is C18H22N4O2S. The van der Waals surface area contributed by atoms with Crippen LogP contribution in [0.15, 0.2) is 24.3 Å². The topological polar surface area (TPSA) is 75.2 Å². The minimum Gasteiger partial charge on any atom is -0.339 e. The average molecular weight is 358 g/mol. The van der Waals surface area contributed by atoms with Gasteiger partial charge in [0.2, 0.25) is 5.01 Å². The van der Waals surface area contributed by atoms with Gasteiger partial charge in [-0.3, -0.25) is 9.59 Å². The predicted molar refractivity (Wildman–Crippen MR) is 98.1 cm³/mol. The number of benzene rings is 1. The van der Waals surface area contributed by atoms with Gasteiger partial charge in [-0.1, -0.05) is 18.3 Å². The highest BCUT2D eigenvalue weighted by molar-refractivity contribution is 7.13. The number of likely N-dealkylation sites (tertiary alicyclic amines) is 1. The molecule has 25 heavy (non-hydrogen) atoms. The van der Waals surface area contributed by atoms with E-state index in [1.165, 1.54) is 17.8 Å². The van der Waals surface area contributed by atoms with Crippen molar-refractivity contribution >= 4 is 28.8 Å². The quantitative estimate of drug-likeness (QED) is 0.889. The fourth-order valence-electron chi connectivity index (χ4n) is 2.82. The van der Waals surface area contributed by atoms with Crippen LogP contribution in [0.25, 0.3) is 0 Å². The fourth-order valence-corrected chi connectivity index (χ4v) is 3.66. The Morgan fingerprint density at radius 3 is 2.52 bits per heavy atom. The van der Waals surface area contributed by atoms with E-state index in [2.05, 4.69) is 22.4 Å². The fraction of sp³-hybridized carbons (Fsp3) is 0.444. The van der Waals surface area contributed by atoms with Crippen LogP contribution in [-0.4, -0.2) is 40.0 Å². The number of hydrogen-bond donors (Lipinski definition) is 1. The van der Waals surface area contributed by atoms with Gasteiger partial charge in [-0.05, 0) is 49.9 Å². The monoisotopic (exact) mass is 358 g/mol. The van der Waals surface area contributed by atoms with Gasteiger partial charge in [0.25, 0.3) is 11.8 Å². The first-order valence-corrected chi connectivity index (χ1v) is 9.52. The van der Waals surface area contributed by atoms with Gasteiger partial charge in [-0.15, -0.1) is 10.2 Å². The molecule has 1 aromatic carbocycles. The molecule has 0 saturated carbocycles. The van der Waals surface area contributed by atoms with E-state index < -0.39 is 0 Å². The second-order valence-corrected chi connectivity index (χ2v) is 7.20. The minimum absolute atomic E-state index is 0.0610. The van der Waals surface area contributed by atoms with Gasteiger partial charge in [-0.2, -0.15) is 0 Å². The van der Waals surface area contributed by atoms with Crippen LogP contribution in [0.5, 0.6) is 0 Å². The minimum atomic E-state index is -0.269. The summed E-state index contributed by atoms with van der Waals surface area (Å²) in [5.74, 6) is -0.208. The van der Waals surface area contributed by atoms with Crippen LogP contribution in [0.2, 0.25) is 0 Å². The molecule has 1 fully saturated rings. The van der Waals surface area contributed by atoms with Crippen LogP contribution < -0.4 is 5.32 Å². The number of amides is 2. The Labute approximate surface area is 151 Å². The predicted octanol–water partition coefficient (Wildman–Crippen LogP) is 3.37. The average Bonchev–Trinajstić information content (AvgIpc) is 3.12. The normalized spacial score (nSPS) is 14.4. The Hall–Kier alpha value is -2.28. The highest BCUT2D eigenvalue weighted by Crippen LogP contribution is 2.17. The number of anilines is 1. The summed E-state index contributed by atoms with van der Waals surface area (Å²) in [6.45, 7) is 3.72. The summed E-state index contributed by atoms with van der Waals surface area (Å²) >= 11 is 1.32. The summed E-state index contributed by atoms with van der Waals surface area (Å²) in [6, 6.07) is 7.02. The molecule has 7 heteroatoms. The lowest BCUT2D eigenvalue weighted by Crippen LogP contribution is -2.35. The van der Waals surface area contributed by atoms with E-state index in [9.17, 15) is 9.59 Å². The standard InChI is InChI=1S/C18H22N4O2S/c1-2-6-15-20-21-17(25-15)16(23)19-14-9-7-13(8-10-14)18(24)22-11-4-3-5-12-22/h7-10H,2-6,11-12H2,1H3,(H,19,23). The summed E-state index contributed by atoms with van der Waals surface area (Å²) in [5, 5.41) is 12.0. The van der Waals surface area contributed by atoms with Crippen molar-refractivity contribution in [3.05, 3.63) is 39.8 Å². The number of carbonyl (C=O) groups excluding carboxylic acids is 2. The molecule has 1 aromatic heterocycles. The first-order valence-electron chi connectivity index (χ1n) is 8.70. The lowest BCUT2D eigenvalue weighted by Gasteiger charge is -2.26. The zero-order valence-corrected chi connectivity index (χ0v) is 15.1. The first-order chi connectivity index (χ1) is 12.2. The van der Waals surface area contributed by atoms with Crippen molar-refractivity contribution < 1.29 is 9.59 Å². The number of nitrogens with one attached hydrogen (secondary N) is 1. The molecule has 132 valence electrons. The lowest BCUT2D eigenvalue weighted by atomic mass is 10.1. The SMILES string of the molecule is CCCc1nnc(C(=O)Nc2ccc(C(=O)N3CCCCC3)cc2)s1. The molecule has 2 amide bonds. The maximum Gasteiger partial charge on any atom is 0.286 e. The zero-order valence-electron chi connectivity index (χ0n) is 14.3. The Bertz CT molecular complexity index is 736. The third-order valence-corrected chi connectivity index (χ3v) is 5.14. The number of rotatable bonds is 5. The van der Waals surface area contributed by atoms with E-state index in [1.807, 2.05) is 4.90 Å². The molecule has 2 aromatic rings. The summed E-state index contributed by atoms with van der Waals surface area (Å²) < 4.78 is 0. The molecule has 0 unspecified atom stereocenters. The van der Waals surface area contributed by atoms with Gasteiger partial charge in [0, 0.05) is 30.8 Å². The van der Waals surface area contributed by atoms with Gasteiger partial charge in [0.05, 0.1) is 0 Å². The second kappa shape index (κ2) is 8.20. The highest BCUT2D eigenvalue weighted by atomic mass is 32.1. The molecule has 1 aliphatic rings. The summed E-state index contributed by atoms with van der Waals surface area (Å²) in [6.07, 6.45) is 5.14. The Morgan fingerprint density at radius 1 is 1.12 bits per heavy atom. The maximum atomic E-state index is 12.4. The van der Waals surface area contributed by atoms with Crippen LogP contribution in [0.1, 0.15) is 57.8 Å². The molecule has 6 nitrogen and oxygen atoms in total. The molecule has 3 rings (SSSR count). The second-order valence-electron chi connectivity index (χ2n) is 6.14. The number of hydrogen-bond acceptors (Lipinski definition) is 5. The Morgan fingerprint density at radius 2 is 1.84 bits per heavy atom. The van der Waals surface area contributed by atoms with Gasteiger partial charge >= 0.3 is 0 Å². The van der Waals surface area contributed by atoms with E-state index in [0.717, 1.165) is 43.8 Å². The van der Waals surface area contributed by atoms with Crippen molar-refractivity contribution in [2.24, 2.45) is 0 Å². The lowest BCUT2D eigenvalue weighted by molar-refractivity contribution is 0.0724. The summed E-state index contributed by atoms with van der Waals surface area (Å²) in [7, 11) is 0. The van der Waals surface area contributed by atoms with Crippen molar-refractivity contribution in [1.82, 2.24) is 15.1 Å². The molecule has 1 aliphatic heterocycles. The number of aromatic nitrogens is 2. The van der Waals surface area contributed by atoms with Gasteiger partial charge < -0.3 is 10.2 Å². The highest BCUT2D eigenvalue weighted by Gasteiger charge is 2.18. The molecule has 1 saturated heterocycles. The van der Waals surface area contributed by atoms with Gasteiger partial charge in [-0.25, -0.2) is 0 Å². The van der Waals surface area contributed by atoms with Crippen LogP contribution in [0, 0.1) is 0 Å². The maximum absolute atomic E-state index is 12.4. The molecule has 1 N–H and O–H groups in total. The van der Waals surface area contributed by atoms with Gasteiger partial charge in [0.1, 0.15) is 5.01 Å². The summed E-state index contributed by atoms with van der Waals surface area (Å²) in [4.78, 5) is 26.6. The third kappa shape index (κ3) is 4.42. The Kier molecular flexibility index (Phi) is 5.75. The molecule has 0 radical (unpaired) electrons. The molecule has 0 aliphatic carbocycles. The van der Waals surface area contributed by atoms with E-state index in [1.54, 1.807) is 24.3 Å². The number of carbonyl (C=O) groups is 2. The van der Waals surface area contributed by atoms with Crippen LogP contribution in [-0.2, 0) is 6.42 Å². The first kappa shape index (κ1) is 17.5. The van der Waals surface area contributed by atoms with Crippen molar-refractivity contribution in [1.29, 1.82) is 0 Å². The molecule has 2 heterocycles. The van der Waals surface area contributed by atoms with E-state index in [0.29, 0.717) is 16.3 Å². The smallest absolute Gasteiger partial charge is 0.286 e. The van der Waals surface area contributed by atoms with E-state index in [4.69, 9.17) is 0 Å². The third-order valence-electron chi connectivity index (χ3n) is 4.16. The van der Waals surface area contributed by atoms with Crippen molar-refractivity contribution in [3.8, 4) is 0 Å². The number of piperidine rings is 1. The van der Waals surface area contributed by atoms with Gasteiger partial charge in [0.15, 0.2) is 0 Å². The number of aryl methyl sites for hydroxylation is 1. The Balaban J connectivity index is 1.61. The van der Waals surface area contributed by atoms with E-state index in [-0.39, 0.29) is 11.8 Å². The van der Waals surface area contributed by atoms with E-state index >= 15 is 0 Å². The van der Waals surface area contributed by atoms with Crippen LogP contribution >= 0.6 is 11.3 Å². The van der Waals surface area contributed by atoms with Crippen LogP contribution in [0.3, 0.4) is 0 Å².